The van der Waals surface area contributed by atoms with E-state index in [1.54, 1.807) is 6.20 Å². The summed E-state index contributed by atoms with van der Waals surface area (Å²) in [5, 5.41) is 1.22. The Kier molecular flexibility index (Phi) is 5.72. The number of fused-ring (bicyclic) bond motifs is 1. The molecule has 0 spiro atoms. The fourth-order valence-corrected chi connectivity index (χ4v) is 5.28. The van der Waals surface area contributed by atoms with Crippen molar-refractivity contribution in [3.63, 3.8) is 0 Å². The molecule has 0 amide bonds. The second-order valence-corrected chi connectivity index (χ2v) is 8.75. The molecule has 2 heterocycles. The number of halogens is 1. The molecular weight excluding hydrogens is 359 g/mol. The van der Waals surface area contributed by atoms with Crippen LogP contribution in [0, 0.1) is 5.82 Å². The molecule has 1 fully saturated rings. The molecule has 4 rings (SSSR count). The molecule has 1 unspecified atom stereocenters. The van der Waals surface area contributed by atoms with Gasteiger partial charge in [-0.25, -0.2) is 4.39 Å². The van der Waals surface area contributed by atoms with Gasteiger partial charge in [0.1, 0.15) is 16.6 Å². The van der Waals surface area contributed by atoms with Crippen molar-refractivity contribution in [1.82, 2.24) is 9.88 Å². The third-order valence-electron chi connectivity index (χ3n) is 5.28. The zero-order valence-electron chi connectivity index (χ0n) is 15.2. The Balaban J connectivity index is 1.35. The first-order valence-electron chi connectivity index (χ1n) is 9.42. The summed E-state index contributed by atoms with van der Waals surface area (Å²) in [6.07, 6.45) is 4.54. The van der Waals surface area contributed by atoms with Gasteiger partial charge >= 0.3 is 0 Å². The van der Waals surface area contributed by atoms with Crippen LogP contribution in [0.3, 0.4) is 0 Å². The smallest absolute Gasteiger partial charge is 0.179 e. The van der Waals surface area contributed by atoms with Gasteiger partial charge in [0, 0.05) is 44.1 Å². The van der Waals surface area contributed by atoms with E-state index in [0.29, 0.717) is 0 Å². The largest absolute Gasteiger partial charge is 0.611 e. The summed E-state index contributed by atoms with van der Waals surface area (Å²) in [6, 6.07) is 16.6. The highest BCUT2D eigenvalue weighted by molar-refractivity contribution is 7.92. The lowest BCUT2D eigenvalue weighted by molar-refractivity contribution is 0.232. The Hall–Kier alpha value is -1.95. The van der Waals surface area contributed by atoms with Gasteiger partial charge in [0.25, 0.3) is 0 Å². The molecule has 0 saturated carbocycles. The summed E-state index contributed by atoms with van der Waals surface area (Å²) >= 11 is -1.03. The maximum Gasteiger partial charge on any atom is 0.179 e. The van der Waals surface area contributed by atoms with Gasteiger partial charge in [-0.3, -0.25) is 4.98 Å². The number of likely N-dealkylation sites (tertiary alicyclic amines) is 1. The highest BCUT2D eigenvalue weighted by atomic mass is 32.2. The van der Waals surface area contributed by atoms with E-state index in [-0.39, 0.29) is 11.1 Å². The van der Waals surface area contributed by atoms with E-state index in [1.807, 2.05) is 42.5 Å². The quantitative estimate of drug-likeness (QED) is 0.621. The molecule has 0 aliphatic carbocycles. The molecule has 1 saturated heterocycles. The van der Waals surface area contributed by atoms with Crippen molar-refractivity contribution in [3.05, 3.63) is 72.2 Å². The predicted octanol–water partition coefficient (Wildman–Crippen LogP) is 4.19. The molecule has 0 N–H and O–H groups in total. The maximum absolute atomic E-state index is 13.1. The third-order valence-corrected chi connectivity index (χ3v) is 7.12. The Morgan fingerprint density at radius 2 is 1.78 bits per heavy atom. The van der Waals surface area contributed by atoms with Crippen LogP contribution in [0.4, 0.5) is 4.39 Å². The minimum atomic E-state index is -1.03. The standard InChI is InChI=1S/C22H23FN2OS/c23-19-8-6-17(7-9-19)10-14-25-15-11-20(12-16-25)27(26)21-5-1-3-18-4-2-13-24-22(18)21/h1-9,13,20H,10-12,14-16H2. The highest BCUT2D eigenvalue weighted by Crippen LogP contribution is 2.29. The van der Waals surface area contributed by atoms with Crippen molar-refractivity contribution in [2.24, 2.45) is 0 Å². The molecule has 3 aromatic rings. The Bertz CT molecular complexity index is 889. The number of aromatic nitrogens is 1. The predicted molar refractivity (Wildman–Crippen MR) is 108 cm³/mol. The molecule has 1 aromatic heterocycles. The van der Waals surface area contributed by atoms with E-state index in [0.717, 1.165) is 60.3 Å². The van der Waals surface area contributed by atoms with Crippen LogP contribution in [0.25, 0.3) is 10.9 Å². The van der Waals surface area contributed by atoms with Crippen LogP contribution in [-0.2, 0) is 17.6 Å². The van der Waals surface area contributed by atoms with Crippen LogP contribution < -0.4 is 0 Å². The summed E-state index contributed by atoms with van der Waals surface area (Å²) < 4.78 is 26.1. The zero-order chi connectivity index (χ0) is 18.6. The summed E-state index contributed by atoms with van der Waals surface area (Å²) in [5.41, 5.74) is 2.01. The van der Waals surface area contributed by atoms with Gasteiger partial charge in [-0.15, -0.1) is 0 Å². The van der Waals surface area contributed by atoms with Crippen molar-refractivity contribution >= 4 is 22.1 Å². The fraction of sp³-hybridized carbons (Fsp3) is 0.318. The SMILES string of the molecule is [O-][S+](c1cccc2cccnc12)C1CCN(CCc2ccc(F)cc2)CC1. The van der Waals surface area contributed by atoms with Crippen molar-refractivity contribution in [1.29, 1.82) is 0 Å². The molecule has 27 heavy (non-hydrogen) atoms. The van der Waals surface area contributed by atoms with Gasteiger partial charge in [0.2, 0.25) is 0 Å². The number of benzene rings is 2. The van der Waals surface area contributed by atoms with E-state index >= 15 is 0 Å². The summed E-state index contributed by atoms with van der Waals surface area (Å²) in [5.74, 6) is -0.190. The molecule has 1 aliphatic rings. The number of hydrogen-bond donors (Lipinski definition) is 0. The molecule has 140 valence electrons. The van der Waals surface area contributed by atoms with Crippen LogP contribution in [0.2, 0.25) is 0 Å². The molecule has 2 aromatic carbocycles. The van der Waals surface area contributed by atoms with E-state index < -0.39 is 11.2 Å². The van der Waals surface area contributed by atoms with Gasteiger partial charge < -0.3 is 9.45 Å². The van der Waals surface area contributed by atoms with E-state index in [4.69, 9.17) is 0 Å². The average molecular weight is 383 g/mol. The van der Waals surface area contributed by atoms with Gasteiger partial charge in [-0.05, 0) is 47.4 Å². The van der Waals surface area contributed by atoms with Gasteiger partial charge in [0.05, 0.1) is 0 Å². The average Bonchev–Trinajstić information content (AvgIpc) is 2.73. The summed E-state index contributed by atoms with van der Waals surface area (Å²) in [6.45, 7) is 2.87. The number of pyridine rings is 1. The van der Waals surface area contributed by atoms with Crippen LogP contribution in [0.1, 0.15) is 18.4 Å². The molecular formula is C22H23FN2OS. The molecule has 3 nitrogen and oxygen atoms in total. The second kappa shape index (κ2) is 8.38. The highest BCUT2D eigenvalue weighted by Gasteiger charge is 2.30. The first kappa shape index (κ1) is 18.4. The normalized spacial score (nSPS) is 17.3. The third kappa shape index (κ3) is 4.32. The monoisotopic (exact) mass is 382 g/mol. The minimum Gasteiger partial charge on any atom is -0.611 e. The lowest BCUT2D eigenvalue weighted by Crippen LogP contribution is -2.40. The van der Waals surface area contributed by atoms with E-state index in [9.17, 15) is 8.94 Å². The van der Waals surface area contributed by atoms with Gasteiger partial charge in [-0.1, -0.05) is 30.3 Å². The van der Waals surface area contributed by atoms with E-state index in [1.165, 1.54) is 12.1 Å². The van der Waals surface area contributed by atoms with Crippen LogP contribution in [0.5, 0.6) is 0 Å². The van der Waals surface area contributed by atoms with Crippen molar-refractivity contribution in [2.45, 2.75) is 29.4 Å². The van der Waals surface area contributed by atoms with Gasteiger partial charge in [0.15, 0.2) is 4.90 Å². The van der Waals surface area contributed by atoms with Crippen LogP contribution in [0.15, 0.2) is 65.7 Å². The number of piperidine rings is 1. The number of para-hydroxylation sites is 1. The topological polar surface area (TPSA) is 39.2 Å². The Labute approximate surface area is 162 Å². The van der Waals surface area contributed by atoms with Crippen molar-refractivity contribution < 1.29 is 8.94 Å². The van der Waals surface area contributed by atoms with Crippen molar-refractivity contribution in [3.8, 4) is 0 Å². The molecule has 1 aliphatic heterocycles. The summed E-state index contributed by atoms with van der Waals surface area (Å²) in [7, 11) is 0. The molecule has 0 bridgehead atoms. The zero-order valence-corrected chi connectivity index (χ0v) is 16.0. The second-order valence-electron chi connectivity index (χ2n) is 7.05. The number of nitrogens with zero attached hydrogens (tertiary/aromatic N) is 2. The van der Waals surface area contributed by atoms with Crippen LogP contribution in [-0.4, -0.2) is 39.3 Å². The summed E-state index contributed by atoms with van der Waals surface area (Å²) in [4.78, 5) is 7.73. The minimum absolute atomic E-state index is 0.180. The van der Waals surface area contributed by atoms with Gasteiger partial charge in [-0.2, -0.15) is 0 Å². The lowest BCUT2D eigenvalue weighted by atomic mass is 10.1. The Morgan fingerprint density at radius 1 is 1.04 bits per heavy atom. The molecule has 1 atom stereocenters. The Morgan fingerprint density at radius 3 is 2.56 bits per heavy atom. The lowest BCUT2D eigenvalue weighted by Gasteiger charge is -2.32. The first-order chi connectivity index (χ1) is 13.2. The number of hydrogen-bond acceptors (Lipinski definition) is 3. The first-order valence-corrected chi connectivity index (χ1v) is 10.6. The van der Waals surface area contributed by atoms with E-state index in [2.05, 4.69) is 9.88 Å². The fourth-order valence-electron chi connectivity index (χ4n) is 3.70. The maximum atomic E-state index is 13.1. The molecule has 5 heteroatoms. The van der Waals surface area contributed by atoms with Crippen molar-refractivity contribution in [2.75, 3.05) is 19.6 Å². The van der Waals surface area contributed by atoms with Crippen LogP contribution >= 0.6 is 0 Å². The molecule has 0 radical (unpaired) electrons. The number of rotatable bonds is 5.